The fourth-order valence-corrected chi connectivity index (χ4v) is 3.82. The number of methoxy groups -OCH3 is 1. The molecule has 2 saturated heterocycles. The number of nitrogens with zero attached hydrogens (tertiary/aromatic N) is 1. The minimum Gasteiger partial charge on any atom is -0.497 e. The molecule has 0 aromatic heterocycles. The van der Waals surface area contributed by atoms with E-state index in [9.17, 15) is 19.0 Å². The standard InChI is InChI=1S/C18H25F2NO4/c1-17(23)5-8-25-18(16(17)22)3-6-21(7-4-18)11-13-14(19)9-12(24-2)10-15(13)20/h9-10,16,22-23H,3-8,11H2,1-2H3/t16?,17-/m1/s1. The van der Waals surface area contributed by atoms with Crippen LogP contribution in [-0.2, 0) is 11.3 Å². The van der Waals surface area contributed by atoms with Crippen molar-refractivity contribution in [2.24, 2.45) is 0 Å². The molecule has 0 aliphatic carbocycles. The van der Waals surface area contributed by atoms with Crippen LogP contribution in [0.1, 0.15) is 31.7 Å². The first-order valence-corrected chi connectivity index (χ1v) is 8.56. The van der Waals surface area contributed by atoms with Crippen molar-refractivity contribution in [2.75, 3.05) is 26.8 Å². The third kappa shape index (κ3) is 3.51. The van der Waals surface area contributed by atoms with E-state index in [1.54, 1.807) is 6.92 Å². The minimum absolute atomic E-state index is 0.00820. The molecule has 3 rings (SSSR count). The van der Waals surface area contributed by atoms with Crippen LogP contribution in [0.4, 0.5) is 8.78 Å². The van der Waals surface area contributed by atoms with E-state index < -0.39 is 28.9 Å². The van der Waals surface area contributed by atoms with Crippen LogP contribution in [0.15, 0.2) is 12.1 Å². The van der Waals surface area contributed by atoms with Crippen molar-refractivity contribution in [2.45, 2.75) is 50.0 Å². The van der Waals surface area contributed by atoms with E-state index in [1.807, 2.05) is 4.90 Å². The molecule has 2 aliphatic heterocycles. The van der Waals surface area contributed by atoms with Crippen LogP contribution < -0.4 is 4.74 Å². The van der Waals surface area contributed by atoms with E-state index in [-0.39, 0.29) is 17.9 Å². The highest BCUT2D eigenvalue weighted by Crippen LogP contribution is 2.40. The van der Waals surface area contributed by atoms with Gasteiger partial charge in [0.2, 0.25) is 0 Å². The lowest BCUT2D eigenvalue weighted by molar-refractivity contribution is -0.246. The molecule has 2 aliphatic rings. The highest BCUT2D eigenvalue weighted by atomic mass is 19.1. The van der Waals surface area contributed by atoms with Crippen molar-refractivity contribution < 1.29 is 28.5 Å². The minimum atomic E-state index is -1.17. The molecule has 5 nitrogen and oxygen atoms in total. The lowest BCUT2D eigenvalue weighted by Gasteiger charge is -2.51. The van der Waals surface area contributed by atoms with E-state index in [0.29, 0.717) is 39.0 Å². The summed E-state index contributed by atoms with van der Waals surface area (Å²) >= 11 is 0. The van der Waals surface area contributed by atoms with Crippen molar-refractivity contribution in [1.82, 2.24) is 4.90 Å². The lowest BCUT2D eigenvalue weighted by atomic mass is 9.75. The van der Waals surface area contributed by atoms with Gasteiger partial charge in [0, 0.05) is 43.8 Å². The molecular formula is C18H25F2NO4. The molecule has 0 bridgehead atoms. The van der Waals surface area contributed by atoms with Gasteiger partial charge in [-0.1, -0.05) is 0 Å². The van der Waals surface area contributed by atoms with E-state index in [2.05, 4.69) is 0 Å². The number of likely N-dealkylation sites (tertiary alicyclic amines) is 1. The van der Waals surface area contributed by atoms with E-state index in [0.717, 1.165) is 0 Å². The van der Waals surface area contributed by atoms with Crippen molar-refractivity contribution in [3.05, 3.63) is 29.3 Å². The Morgan fingerprint density at radius 3 is 2.40 bits per heavy atom. The first-order valence-electron chi connectivity index (χ1n) is 8.56. The van der Waals surface area contributed by atoms with Gasteiger partial charge in [-0.25, -0.2) is 8.78 Å². The lowest BCUT2D eigenvalue weighted by Crippen LogP contribution is -2.64. The molecule has 7 heteroatoms. The average Bonchev–Trinajstić information content (AvgIpc) is 2.57. The second-order valence-corrected chi connectivity index (χ2v) is 7.27. The number of piperidine rings is 1. The van der Waals surface area contributed by atoms with Crippen LogP contribution in [0.5, 0.6) is 5.75 Å². The van der Waals surface area contributed by atoms with E-state index in [1.165, 1.54) is 19.2 Å². The van der Waals surface area contributed by atoms with Crippen LogP contribution in [0.2, 0.25) is 0 Å². The molecule has 140 valence electrons. The average molecular weight is 357 g/mol. The predicted molar refractivity (Wildman–Crippen MR) is 87.4 cm³/mol. The quantitative estimate of drug-likeness (QED) is 0.864. The van der Waals surface area contributed by atoms with Crippen molar-refractivity contribution >= 4 is 0 Å². The summed E-state index contributed by atoms with van der Waals surface area (Å²) in [6, 6.07) is 2.35. The third-order valence-corrected chi connectivity index (χ3v) is 5.52. The Hall–Kier alpha value is -1.28. The van der Waals surface area contributed by atoms with Crippen LogP contribution in [0, 0.1) is 11.6 Å². The number of ether oxygens (including phenoxy) is 2. The number of benzene rings is 1. The second kappa shape index (κ2) is 6.79. The van der Waals surface area contributed by atoms with Gasteiger partial charge in [-0.2, -0.15) is 0 Å². The summed E-state index contributed by atoms with van der Waals surface area (Å²) in [5.74, 6) is -1.11. The first kappa shape index (κ1) is 18.5. The van der Waals surface area contributed by atoms with Crippen LogP contribution >= 0.6 is 0 Å². The van der Waals surface area contributed by atoms with Crippen LogP contribution in [-0.4, -0.2) is 59.2 Å². The van der Waals surface area contributed by atoms with Crippen LogP contribution in [0.3, 0.4) is 0 Å². The third-order valence-electron chi connectivity index (χ3n) is 5.52. The molecular weight excluding hydrogens is 332 g/mol. The Balaban J connectivity index is 1.67. The van der Waals surface area contributed by atoms with E-state index in [4.69, 9.17) is 9.47 Å². The Bertz CT molecular complexity index is 606. The zero-order valence-corrected chi connectivity index (χ0v) is 14.6. The topological polar surface area (TPSA) is 62.2 Å². The van der Waals surface area contributed by atoms with Crippen molar-refractivity contribution in [3.8, 4) is 5.75 Å². The molecule has 1 aromatic carbocycles. The second-order valence-electron chi connectivity index (χ2n) is 7.27. The molecule has 2 N–H and O–H groups in total. The maximum atomic E-state index is 14.1. The summed E-state index contributed by atoms with van der Waals surface area (Å²) in [5.41, 5.74) is -1.95. The number of aliphatic hydroxyl groups is 2. The molecule has 0 amide bonds. The number of aliphatic hydroxyl groups excluding tert-OH is 1. The van der Waals surface area contributed by atoms with E-state index >= 15 is 0 Å². The number of halogens is 2. The summed E-state index contributed by atoms with van der Waals surface area (Å²) in [7, 11) is 1.36. The summed E-state index contributed by atoms with van der Waals surface area (Å²) in [4.78, 5) is 1.93. The molecule has 1 aromatic rings. The maximum absolute atomic E-state index is 14.1. The molecule has 0 saturated carbocycles. The summed E-state index contributed by atoms with van der Waals surface area (Å²) in [6.07, 6.45) is 0.431. The summed E-state index contributed by atoms with van der Waals surface area (Å²) in [5, 5.41) is 20.8. The summed E-state index contributed by atoms with van der Waals surface area (Å²) < 4.78 is 38.9. The van der Waals surface area contributed by atoms with Gasteiger partial charge in [-0.3, -0.25) is 4.90 Å². The predicted octanol–water partition coefficient (Wildman–Crippen LogP) is 1.84. The molecule has 1 spiro atoms. The van der Waals surface area contributed by atoms with Crippen molar-refractivity contribution in [1.29, 1.82) is 0 Å². The van der Waals surface area contributed by atoms with Gasteiger partial charge in [0.15, 0.2) is 0 Å². The molecule has 1 unspecified atom stereocenters. The molecule has 0 radical (unpaired) electrons. The molecule has 2 heterocycles. The van der Waals surface area contributed by atoms with Gasteiger partial charge in [0.25, 0.3) is 0 Å². The Morgan fingerprint density at radius 2 is 1.84 bits per heavy atom. The molecule has 2 atom stereocenters. The fraction of sp³-hybridized carbons (Fsp3) is 0.667. The monoisotopic (exact) mass is 357 g/mol. The Morgan fingerprint density at radius 1 is 1.24 bits per heavy atom. The van der Waals surface area contributed by atoms with Gasteiger partial charge >= 0.3 is 0 Å². The number of rotatable bonds is 3. The van der Waals surface area contributed by atoms with Gasteiger partial charge in [-0.15, -0.1) is 0 Å². The number of hydrogen-bond acceptors (Lipinski definition) is 5. The largest absolute Gasteiger partial charge is 0.497 e. The van der Waals surface area contributed by atoms with Gasteiger partial charge in [-0.05, 0) is 19.8 Å². The summed E-state index contributed by atoms with van der Waals surface area (Å²) in [6.45, 7) is 3.21. The van der Waals surface area contributed by atoms with Gasteiger partial charge in [0.05, 0.1) is 24.9 Å². The van der Waals surface area contributed by atoms with Gasteiger partial charge < -0.3 is 19.7 Å². The molecule has 25 heavy (non-hydrogen) atoms. The number of hydrogen-bond donors (Lipinski definition) is 2. The zero-order chi connectivity index (χ0) is 18.2. The maximum Gasteiger partial charge on any atom is 0.134 e. The fourth-order valence-electron chi connectivity index (χ4n) is 3.82. The Labute approximate surface area is 146 Å². The molecule has 2 fully saturated rings. The van der Waals surface area contributed by atoms with Crippen molar-refractivity contribution in [3.63, 3.8) is 0 Å². The van der Waals surface area contributed by atoms with Crippen LogP contribution in [0.25, 0.3) is 0 Å². The highest BCUT2D eigenvalue weighted by Gasteiger charge is 2.52. The zero-order valence-electron chi connectivity index (χ0n) is 14.6. The smallest absolute Gasteiger partial charge is 0.134 e. The highest BCUT2D eigenvalue weighted by molar-refractivity contribution is 5.30. The SMILES string of the molecule is COc1cc(F)c(CN2CCC3(CC2)OCC[C@@](C)(O)C3O)c(F)c1. The first-order chi connectivity index (χ1) is 11.8. The van der Waals surface area contributed by atoms with Gasteiger partial charge in [0.1, 0.15) is 23.5 Å². The normalized spacial score (nSPS) is 29.8. The Kier molecular flexibility index (Phi) is 5.03.